The molecule has 0 fully saturated rings. The largest absolute Gasteiger partial charge is 0.459 e. The molecule has 0 saturated carbocycles. The average molecular weight is 410 g/mol. The molecule has 7 nitrogen and oxygen atoms in total. The zero-order valence-corrected chi connectivity index (χ0v) is 16.0. The summed E-state index contributed by atoms with van der Waals surface area (Å²) in [6.45, 7) is 2.34. The van der Waals surface area contributed by atoms with Gasteiger partial charge in [-0.1, -0.05) is 6.07 Å². The van der Waals surface area contributed by atoms with Crippen molar-refractivity contribution in [2.24, 2.45) is 0 Å². The number of halogens is 3. The van der Waals surface area contributed by atoms with E-state index in [-0.39, 0.29) is 16.9 Å². The fraction of sp³-hybridized carbons (Fsp3) is 0.312. The third-order valence-electron chi connectivity index (χ3n) is 4.06. The zero-order chi connectivity index (χ0) is 20.6. The van der Waals surface area contributed by atoms with Gasteiger partial charge in [0.25, 0.3) is 20.5 Å². The maximum absolute atomic E-state index is 14.3. The Morgan fingerprint density at radius 2 is 2.11 bits per heavy atom. The van der Waals surface area contributed by atoms with Crippen molar-refractivity contribution in [3.05, 3.63) is 39.7 Å². The molecular weight excluding hydrogens is 395 g/mol. The maximum atomic E-state index is 14.3. The van der Waals surface area contributed by atoms with E-state index in [2.05, 4.69) is 24.3 Å². The molecule has 0 aliphatic heterocycles. The van der Waals surface area contributed by atoms with Crippen molar-refractivity contribution in [1.29, 1.82) is 0 Å². The molecule has 0 saturated heterocycles. The van der Waals surface area contributed by atoms with Crippen molar-refractivity contribution in [3.63, 3.8) is 0 Å². The lowest BCUT2D eigenvalue weighted by Gasteiger charge is -2.11. The summed E-state index contributed by atoms with van der Waals surface area (Å²) >= 11 is 0. The van der Waals surface area contributed by atoms with Crippen LogP contribution in [0.2, 0.25) is 0 Å². The highest BCUT2D eigenvalue weighted by Gasteiger charge is 2.24. The standard InChI is InChI=1S/C16H15BF3N4O3P/c1-6-3-8(4-9(18)13(6)28)11-12(7(2)27-17)23-24-14(11)21-15(22-16(24)25)26-5-10(19)20/h3-4,7,10H,5,28H2,1-2H3,(H,21,22,25). The molecule has 146 valence electrons. The molecule has 2 heterocycles. The number of rotatable bonds is 6. The number of alkyl halides is 2. The van der Waals surface area contributed by atoms with Gasteiger partial charge in [-0.2, -0.15) is 14.6 Å². The summed E-state index contributed by atoms with van der Waals surface area (Å²) in [6.07, 6.45) is -3.51. The highest BCUT2D eigenvalue weighted by Crippen LogP contribution is 2.33. The first-order valence-electron chi connectivity index (χ1n) is 8.08. The fourth-order valence-corrected chi connectivity index (χ4v) is 2.84. The van der Waals surface area contributed by atoms with Crippen molar-refractivity contribution in [1.82, 2.24) is 19.6 Å². The van der Waals surface area contributed by atoms with Crippen molar-refractivity contribution in [2.45, 2.75) is 26.4 Å². The van der Waals surface area contributed by atoms with Crippen molar-refractivity contribution in [2.75, 3.05) is 6.61 Å². The number of aromatic amines is 1. The maximum Gasteiger partial charge on any atom is 0.352 e. The summed E-state index contributed by atoms with van der Waals surface area (Å²) < 4.78 is 49.7. The molecule has 3 rings (SSSR count). The molecule has 28 heavy (non-hydrogen) atoms. The van der Waals surface area contributed by atoms with Crippen LogP contribution in [0.1, 0.15) is 24.3 Å². The SMILES string of the molecule is [B]OC(C)c1nn2c(=O)[nH]c(OCC(F)F)nc2c1-c1cc(C)c(P)c(F)c1. The minimum Gasteiger partial charge on any atom is -0.459 e. The van der Waals surface area contributed by atoms with E-state index in [1.165, 1.54) is 6.07 Å². The van der Waals surface area contributed by atoms with Gasteiger partial charge in [0.2, 0.25) is 0 Å². The van der Waals surface area contributed by atoms with Gasteiger partial charge in [0.05, 0.1) is 11.7 Å². The predicted molar refractivity (Wildman–Crippen MR) is 99.8 cm³/mol. The van der Waals surface area contributed by atoms with Crippen LogP contribution < -0.4 is 15.7 Å². The second-order valence-electron chi connectivity index (χ2n) is 6.01. The smallest absolute Gasteiger partial charge is 0.352 e. The highest BCUT2D eigenvalue weighted by atomic mass is 31.0. The summed E-state index contributed by atoms with van der Waals surface area (Å²) in [4.78, 5) is 18.6. The number of aryl methyl sites for hydroxylation is 1. The van der Waals surface area contributed by atoms with E-state index in [0.717, 1.165) is 4.52 Å². The number of hydrogen-bond acceptors (Lipinski definition) is 5. The topological polar surface area (TPSA) is 81.5 Å². The Bertz CT molecular complexity index is 1070. The molecule has 0 aliphatic rings. The Kier molecular flexibility index (Phi) is 5.76. The van der Waals surface area contributed by atoms with E-state index in [0.29, 0.717) is 16.4 Å². The molecule has 0 aliphatic carbocycles. The van der Waals surface area contributed by atoms with E-state index >= 15 is 0 Å². The van der Waals surface area contributed by atoms with Gasteiger partial charge in [0.15, 0.2) is 12.3 Å². The van der Waals surface area contributed by atoms with Gasteiger partial charge < -0.3 is 9.39 Å². The fourth-order valence-electron chi connectivity index (χ4n) is 2.67. The molecule has 2 unspecified atom stereocenters. The Balaban J connectivity index is 2.30. The molecule has 3 aromatic rings. The van der Waals surface area contributed by atoms with Crippen molar-refractivity contribution < 1.29 is 22.6 Å². The molecule has 2 radical (unpaired) electrons. The van der Waals surface area contributed by atoms with Crippen LogP contribution in [0.15, 0.2) is 16.9 Å². The molecule has 12 heteroatoms. The Morgan fingerprint density at radius 1 is 1.39 bits per heavy atom. The van der Waals surface area contributed by atoms with Gasteiger partial charge in [0.1, 0.15) is 11.5 Å². The summed E-state index contributed by atoms with van der Waals surface area (Å²) in [5, 5.41) is 4.54. The second-order valence-corrected chi connectivity index (χ2v) is 6.59. The van der Waals surface area contributed by atoms with Crippen molar-refractivity contribution in [3.8, 4) is 17.1 Å². The number of hydrogen-bond donors (Lipinski definition) is 1. The van der Waals surface area contributed by atoms with Gasteiger partial charge in [-0.05, 0) is 31.0 Å². The summed E-state index contributed by atoms with van der Waals surface area (Å²) in [5.74, 6) is -0.495. The molecular formula is C16H15BF3N4O3P. The molecule has 0 bridgehead atoms. The minimum absolute atomic E-state index is 0.0118. The zero-order valence-electron chi connectivity index (χ0n) is 14.9. The Hall–Kier alpha value is -2.39. The molecule has 0 amide bonds. The van der Waals surface area contributed by atoms with Crippen LogP contribution in [-0.4, -0.2) is 40.7 Å². The lowest BCUT2D eigenvalue weighted by atomic mass is 10.0. The van der Waals surface area contributed by atoms with Crippen LogP contribution in [0.5, 0.6) is 6.01 Å². The number of nitrogens with zero attached hydrogens (tertiary/aromatic N) is 3. The number of aromatic nitrogens is 4. The quantitative estimate of drug-likeness (QED) is 0.496. The monoisotopic (exact) mass is 410 g/mol. The van der Waals surface area contributed by atoms with Crippen LogP contribution in [0.3, 0.4) is 0 Å². The summed E-state index contributed by atoms with van der Waals surface area (Å²) in [7, 11) is 7.57. The van der Waals surface area contributed by atoms with Gasteiger partial charge in [-0.15, -0.1) is 9.24 Å². The van der Waals surface area contributed by atoms with Crippen LogP contribution in [-0.2, 0) is 4.65 Å². The normalized spacial score (nSPS) is 12.7. The predicted octanol–water partition coefficient (Wildman–Crippen LogP) is 1.84. The minimum atomic E-state index is -2.75. The number of fused-ring (bicyclic) bond motifs is 1. The lowest BCUT2D eigenvalue weighted by Crippen LogP contribution is -2.21. The molecule has 1 aromatic carbocycles. The first-order chi connectivity index (χ1) is 13.2. The third kappa shape index (κ3) is 3.77. The molecule has 2 atom stereocenters. The number of H-pyrrole nitrogens is 1. The van der Waals surface area contributed by atoms with Gasteiger partial charge >= 0.3 is 5.69 Å². The first kappa shape index (κ1) is 20.4. The summed E-state index contributed by atoms with van der Waals surface area (Å²) in [5.41, 5.74) is 0.714. The van der Waals surface area contributed by atoms with E-state index in [9.17, 15) is 18.0 Å². The van der Waals surface area contributed by atoms with Gasteiger partial charge in [0, 0.05) is 5.30 Å². The summed E-state index contributed by atoms with van der Waals surface area (Å²) in [6, 6.07) is 2.52. The van der Waals surface area contributed by atoms with Crippen LogP contribution in [0.4, 0.5) is 13.2 Å². The van der Waals surface area contributed by atoms with Crippen molar-refractivity contribution >= 4 is 28.2 Å². The number of nitrogens with one attached hydrogen (secondary N) is 1. The average Bonchev–Trinajstić information content (AvgIpc) is 3.03. The third-order valence-corrected chi connectivity index (χ3v) is 4.79. The van der Waals surface area contributed by atoms with E-state index in [1.807, 2.05) is 0 Å². The second kappa shape index (κ2) is 7.93. The van der Waals surface area contributed by atoms with Crippen LogP contribution >= 0.6 is 9.24 Å². The highest BCUT2D eigenvalue weighted by molar-refractivity contribution is 7.27. The van der Waals surface area contributed by atoms with E-state index in [1.54, 1.807) is 19.9 Å². The first-order valence-corrected chi connectivity index (χ1v) is 8.66. The lowest BCUT2D eigenvalue weighted by molar-refractivity contribution is 0.0768. The Labute approximate surface area is 160 Å². The van der Waals surface area contributed by atoms with Gasteiger partial charge in [-0.25, -0.2) is 18.0 Å². The number of ether oxygens (including phenoxy) is 1. The van der Waals surface area contributed by atoms with Crippen LogP contribution in [0, 0.1) is 12.7 Å². The Morgan fingerprint density at radius 3 is 2.71 bits per heavy atom. The number of benzene rings is 1. The van der Waals surface area contributed by atoms with Gasteiger partial charge in [-0.3, -0.25) is 4.98 Å². The molecule has 1 N–H and O–H groups in total. The van der Waals surface area contributed by atoms with Crippen LogP contribution in [0.25, 0.3) is 16.8 Å². The van der Waals surface area contributed by atoms with E-state index < -0.39 is 36.7 Å². The molecule has 2 aromatic heterocycles. The molecule has 0 spiro atoms. The van der Waals surface area contributed by atoms with E-state index in [4.69, 9.17) is 17.4 Å².